The normalized spacial score (nSPS) is 18.2. The zero-order valence-corrected chi connectivity index (χ0v) is 81.2. The van der Waals surface area contributed by atoms with Crippen molar-refractivity contribution in [1.82, 2.24) is 59.1 Å². The lowest BCUT2D eigenvalue weighted by Crippen LogP contribution is -2.46. The van der Waals surface area contributed by atoms with Gasteiger partial charge in [-0.15, -0.1) is 0 Å². The van der Waals surface area contributed by atoms with Crippen LogP contribution in [0, 0.1) is 23.3 Å². The maximum atomic E-state index is 14.4. The minimum atomic E-state index is -1.75. The van der Waals surface area contributed by atoms with Gasteiger partial charge in [-0.25, -0.2) is 35.1 Å². The first kappa shape index (κ1) is 107. The van der Waals surface area contributed by atoms with Gasteiger partial charge in [0, 0.05) is 165 Å². The number of carbonyl (C=O) groups excluding carboxylic acids is 12. The number of hydrogen-bond acceptors (Lipinski definition) is 20. The fourth-order valence-electron chi connectivity index (χ4n) is 18.7. The Morgan fingerprint density at radius 3 is 0.959 bits per heavy atom. The first-order valence-electron chi connectivity index (χ1n) is 45.9. The van der Waals surface area contributed by atoms with Crippen molar-refractivity contribution in [3.05, 3.63) is 257 Å². The summed E-state index contributed by atoms with van der Waals surface area (Å²) in [6.45, 7) is 3.09. The molecule has 760 valence electrons. The highest BCUT2D eigenvalue weighted by Crippen LogP contribution is 2.35. The van der Waals surface area contributed by atoms with Crippen LogP contribution in [0.15, 0.2) is 158 Å². The number of amides is 8. The molecule has 0 aliphatic carbocycles. The first-order valence-corrected chi connectivity index (χ1v) is 47.4. The highest BCUT2D eigenvalue weighted by molar-refractivity contribution is 6.62. The van der Waals surface area contributed by atoms with Crippen molar-refractivity contribution in [2.45, 2.75) is 168 Å². The number of hydrogen-bond donors (Lipinski definition) is 10. The number of halogens is 12. The zero-order chi connectivity index (χ0) is 105. The van der Waals surface area contributed by atoms with Gasteiger partial charge in [0.25, 0.3) is 0 Å². The van der Waals surface area contributed by atoms with Crippen LogP contribution in [0.2, 0.25) is 20.1 Å². The van der Waals surface area contributed by atoms with Crippen molar-refractivity contribution in [2.75, 3.05) is 26.2 Å². The lowest BCUT2D eigenvalue weighted by molar-refractivity contribution is -0.139. The van der Waals surface area contributed by atoms with E-state index in [4.69, 9.17) is 55.7 Å². The molecule has 146 heavy (non-hydrogen) atoms. The predicted octanol–water partition coefficient (Wildman–Crippen LogP) is 7.36. The Morgan fingerprint density at radius 1 is 0.356 bits per heavy atom. The summed E-state index contributed by atoms with van der Waals surface area (Å²) >= 11 is 23.1. The third kappa shape index (κ3) is 23.5. The Kier molecular flexibility index (Phi) is 33.4. The third-order valence-corrected chi connectivity index (χ3v) is 27.4. The standard InChI is InChI=1S/2C25H23BClF2N3O5.2C24H23BClF2N3O5/c1-13(33)18-10-31(21-5-15-12-37-26(36)19(15)7-17(18)21)11-23(34)32-9-16(28)6-22(32)25(35)30-8-14-3-2-4-20(27)24(14)29;1-13(33)18-10-31(21-7-19-15(5-17(18)21)12-37-26(19)36)11-23(34)32-9-16(28)6-22(32)25(35)30-8-14-3-2-4-20(27)24(14)29;1-13(32)18-11-30(20-6-5-15(25(35)36)7-17(18)20)12-22(33)31-10-16(27)8-21(31)24(34)29-9-14-3-2-4-19(26)23(14)28;1-13(32)18-11-30(20-7-15(25(35)36)5-6-17(18)20)12-22(33)31-10-16(27)8-21(31)24(34)29-9-14-3-2-4-19(26)23(14)28/h2*2-5,7,10,16,22,36H,6,8-9,11-12H2,1H3,(H,30,35);2*2-7,11,16,21,35-36H,8-10,12H2,1H3,(H,29,34)/t2*16-,22+;2*16-,21+/m1111/s1. The van der Waals surface area contributed by atoms with Crippen LogP contribution in [0.3, 0.4) is 0 Å². The van der Waals surface area contributed by atoms with Crippen LogP contribution in [0.1, 0.15) is 128 Å². The number of alkyl halides is 4. The summed E-state index contributed by atoms with van der Waals surface area (Å²) in [6, 6.07) is 29.0. The molecule has 8 aromatic carbocycles. The highest BCUT2D eigenvalue weighted by atomic mass is 35.5. The molecule has 18 rings (SSSR count). The molecule has 4 aromatic heterocycles. The van der Waals surface area contributed by atoms with Gasteiger partial charge >= 0.3 is 28.5 Å². The van der Waals surface area contributed by atoms with Crippen molar-refractivity contribution in [3.8, 4) is 0 Å². The van der Waals surface area contributed by atoms with E-state index in [-0.39, 0.29) is 199 Å². The fraction of sp³-hybridized carbons (Fsp3) is 0.306. The van der Waals surface area contributed by atoms with E-state index < -0.39 is 148 Å². The molecule has 0 unspecified atom stereocenters. The molecule has 0 spiro atoms. The Morgan fingerprint density at radius 2 is 0.630 bits per heavy atom. The highest BCUT2D eigenvalue weighted by Gasteiger charge is 2.46. The van der Waals surface area contributed by atoms with Crippen LogP contribution in [-0.2, 0) is 113 Å². The number of carbonyl (C=O) groups is 12. The van der Waals surface area contributed by atoms with Gasteiger partial charge in [0.2, 0.25) is 47.3 Å². The van der Waals surface area contributed by atoms with E-state index in [0.717, 1.165) is 20.9 Å². The van der Waals surface area contributed by atoms with E-state index in [1.165, 1.54) is 144 Å². The van der Waals surface area contributed by atoms with Gasteiger partial charge in [-0.1, -0.05) is 125 Å². The summed E-state index contributed by atoms with van der Waals surface area (Å²) in [5, 5.41) is 70.1. The second-order valence-electron chi connectivity index (χ2n) is 36.0. The molecule has 4 saturated heterocycles. The Bertz CT molecular complexity index is 7230. The average molecular weight is 2090 g/mol. The van der Waals surface area contributed by atoms with Crippen molar-refractivity contribution in [2.24, 2.45) is 0 Å². The average Bonchev–Trinajstić information content (AvgIpc) is 1.61. The molecule has 48 heteroatoms. The van der Waals surface area contributed by atoms with Crippen molar-refractivity contribution >= 4 is 211 Å². The van der Waals surface area contributed by atoms with Gasteiger partial charge in [-0.05, 0) is 115 Å². The number of rotatable bonds is 26. The maximum Gasteiger partial charge on any atom is 0.491 e. The summed E-state index contributed by atoms with van der Waals surface area (Å²) in [5.41, 5.74) is 7.00. The van der Waals surface area contributed by atoms with Crippen LogP contribution in [0.25, 0.3) is 43.6 Å². The van der Waals surface area contributed by atoms with Crippen LogP contribution in [0.4, 0.5) is 35.1 Å². The molecular formula is C98H92B4Cl4F8N12O20. The molecule has 8 amide bonds. The minimum Gasteiger partial charge on any atom is -0.423 e. The number of ketones is 4. The van der Waals surface area contributed by atoms with Gasteiger partial charge in [0.1, 0.15) is 98.3 Å². The second kappa shape index (κ2) is 45.5. The van der Waals surface area contributed by atoms with Gasteiger partial charge in [0.05, 0.1) is 59.5 Å². The molecule has 8 atom stereocenters. The smallest absolute Gasteiger partial charge is 0.423 e. The largest absolute Gasteiger partial charge is 0.491 e. The van der Waals surface area contributed by atoms with E-state index in [9.17, 15) is 123 Å². The van der Waals surface area contributed by atoms with Crippen molar-refractivity contribution in [1.29, 1.82) is 0 Å². The number of nitrogens with one attached hydrogen (secondary N) is 4. The zero-order valence-electron chi connectivity index (χ0n) is 78.2. The Labute approximate surface area is 848 Å². The first-order chi connectivity index (χ1) is 69.4. The van der Waals surface area contributed by atoms with E-state index >= 15 is 0 Å². The van der Waals surface area contributed by atoms with E-state index in [0.29, 0.717) is 71.2 Å². The van der Waals surface area contributed by atoms with E-state index in [2.05, 4.69) is 21.3 Å². The number of Topliss-reactive ketones (excluding diaryl/α,β-unsaturated/α-hetero) is 4. The molecule has 10 N–H and O–H groups in total. The summed E-state index contributed by atoms with van der Waals surface area (Å²) in [7, 11) is -5.68. The van der Waals surface area contributed by atoms with Crippen LogP contribution in [0.5, 0.6) is 0 Å². The monoisotopic (exact) mass is 2090 g/mol. The molecule has 32 nitrogen and oxygen atoms in total. The molecule has 12 aromatic rings. The summed E-state index contributed by atoms with van der Waals surface area (Å²) in [5.74, 6) is -8.18. The molecule has 0 bridgehead atoms. The van der Waals surface area contributed by atoms with Crippen molar-refractivity contribution in [3.63, 3.8) is 0 Å². The van der Waals surface area contributed by atoms with Crippen LogP contribution >= 0.6 is 46.4 Å². The quantitative estimate of drug-likeness (QED) is 0.0144. The molecular weight excluding hydrogens is 2000 g/mol. The Hall–Kier alpha value is -13.1. The van der Waals surface area contributed by atoms with E-state index in [1.54, 1.807) is 70.1 Å². The summed E-state index contributed by atoms with van der Waals surface area (Å²) < 4.78 is 131. The fourth-order valence-corrected chi connectivity index (χ4v) is 19.5. The van der Waals surface area contributed by atoms with Gasteiger partial charge in [0.15, 0.2) is 23.1 Å². The molecule has 4 fully saturated rings. The third-order valence-electron chi connectivity index (χ3n) is 26.2. The van der Waals surface area contributed by atoms with Gasteiger partial charge in [-0.2, -0.15) is 0 Å². The summed E-state index contributed by atoms with van der Waals surface area (Å²) in [6.07, 6.45) is -0.335. The molecule has 0 saturated carbocycles. The Balaban J connectivity index is 0.000000146. The lowest BCUT2D eigenvalue weighted by Gasteiger charge is -2.24. The number of aromatic nitrogens is 4. The van der Waals surface area contributed by atoms with Gasteiger partial charge in [-0.3, -0.25) is 57.5 Å². The molecule has 6 aliphatic rings. The van der Waals surface area contributed by atoms with Crippen LogP contribution < -0.4 is 43.1 Å². The number of benzene rings is 8. The molecule has 6 aliphatic heterocycles. The number of nitrogens with zero attached hydrogens (tertiary/aromatic N) is 8. The minimum absolute atomic E-state index is 0.0798. The second-order valence-corrected chi connectivity index (χ2v) is 37.6. The summed E-state index contributed by atoms with van der Waals surface area (Å²) in [4.78, 5) is 158. The topological polar surface area (TPSA) is 425 Å². The molecule has 10 heterocycles. The predicted molar refractivity (Wildman–Crippen MR) is 525 cm³/mol. The van der Waals surface area contributed by atoms with E-state index in [1.807, 2.05) is 0 Å². The van der Waals surface area contributed by atoms with Gasteiger partial charge < -0.3 is 98.6 Å². The maximum absolute atomic E-state index is 14.4. The van der Waals surface area contributed by atoms with Crippen molar-refractivity contribution < 1.29 is 132 Å². The SMILES string of the molecule is CC(=O)c1cn(CC(=O)N2C[C@H](F)C[C@H]2C(=O)NCc2cccc(Cl)c2F)c2cc(B(O)O)ccc12.CC(=O)c1cn(CC(=O)N2C[C@H](F)C[C@H]2C(=O)NCc2cccc(Cl)c2F)c2cc3c(cc12)B(O)OC3.CC(=O)c1cn(CC(=O)N2C[C@H](F)C[C@H]2C(=O)NCc2cccc(Cl)c2F)c2cc3c(cc12)COB3O.CC(=O)c1cn(CC(=O)N2C[C@H](F)C[C@H]2C(=O)NCc2cccc(Cl)c2F)c2ccc(B(O)O)cc12. The number of fused-ring (bicyclic) bond motifs is 6. The number of likely N-dealkylation sites (tertiary alicyclic amines) is 4. The van der Waals surface area contributed by atoms with Crippen LogP contribution in [-0.4, -0.2) is 242 Å². The lowest BCUT2D eigenvalue weighted by atomic mass is 9.78. The molecule has 0 radical (unpaired) electrons.